The fourth-order valence-corrected chi connectivity index (χ4v) is 3.81. The number of amides is 3. The molecular formula is C19H25N3O4S. The van der Waals surface area contributed by atoms with Crippen molar-refractivity contribution in [1.82, 2.24) is 16.0 Å². The molecule has 0 radical (unpaired) electrons. The summed E-state index contributed by atoms with van der Waals surface area (Å²) in [5.74, 6) is -0.867. The molecule has 2 rings (SSSR count). The molecule has 7 nitrogen and oxygen atoms in total. The lowest BCUT2D eigenvalue weighted by Crippen LogP contribution is -2.54. The number of likely N-dealkylation sites (N-methyl/N-ethyl adjacent to an activating group) is 1. The summed E-state index contributed by atoms with van der Waals surface area (Å²) in [4.78, 5) is 36.5. The summed E-state index contributed by atoms with van der Waals surface area (Å²) in [6.07, 6.45) is 3.65. The standard InChI is InChI=1S/C19H25N3O4S/c1-12(23)21-17(11-15-4-3-9-27-15)19(26)22-16(18(25)20-2)10-13-5-7-14(24)8-6-13/h3,5-9,15-17,24H,4,10-11H2,1-2H3,(H,20,25)(H,21,23)(H,22,26)/t15?,16-,17-/m0/s1. The van der Waals surface area contributed by atoms with E-state index in [2.05, 4.69) is 16.0 Å². The maximum Gasteiger partial charge on any atom is 0.243 e. The van der Waals surface area contributed by atoms with Crippen LogP contribution in [0.15, 0.2) is 35.7 Å². The first-order valence-corrected chi connectivity index (χ1v) is 9.70. The van der Waals surface area contributed by atoms with Crippen molar-refractivity contribution < 1.29 is 19.5 Å². The van der Waals surface area contributed by atoms with Gasteiger partial charge < -0.3 is 21.1 Å². The molecule has 0 bridgehead atoms. The highest BCUT2D eigenvalue weighted by Gasteiger charge is 2.28. The number of carbonyl (C=O) groups excluding carboxylic acids is 3. The first-order chi connectivity index (χ1) is 12.9. The molecule has 0 saturated carbocycles. The Labute approximate surface area is 163 Å². The van der Waals surface area contributed by atoms with Crippen LogP contribution in [-0.4, -0.2) is 47.2 Å². The van der Waals surface area contributed by atoms with Gasteiger partial charge in [-0.15, -0.1) is 11.8 Å². The quantitative estimate of drug-likeness (QED) is 0.530. The molecule has 0 fully saturated rings. The van der Waals surface area contributed by atoms with Gasteiger partial charge in [0.2, 0.25) is 17.7 Å². The summed E-state index contributed by atoms with van der Waals surface area (Å²) in [6.45, 7) is 1.37. The fourth-order valence-electron chi connectivity index (χ4n) is 2.84. The molecule has 8 heteroatoms. The Morgan fingerprint density at radius 1 is 1.15 bits per heavy atom. The molecular weight excluding hydrogens is 366 g/mol. The van der Waals surface area contributed by atoms with Crippen LogP contribution in [-0.2, 0) is 20.8 Å². The van der Waals surface area contributed by atoms with Crippen LogP contribution in [0.4, 0.5) is 0 Å². The molecule has 0 aliphatic carbocycles. The number of thioether (sulfide) groups is 1. The van der Waals surface area contributed by atoms with Crippen molar-refractivity contribution in [1.29, 1.82) is 0 Å². The highest BCUT2D eigenvalue weighted by molar-refractivity contribution is 8.03. The van der Waals surface area contributed by atoms with E-state index < -0.39 is 12.1 Å². The van der Waals surface area contributed by atoms with Crippen molar-refractivity contribution in [2.45, 2.75) is 43.5 Å². The molecule has 3 atom stereocenters. The Balaban J connectivity index is 2.07. The first-order valence-electron chi connectivity index (χ1n) is 8.76. The van der Waals surface area contributed by atoms with Crippen LogP contribution in [0.25, 0.3) is 0 Å². The lowest BCUT2D eigenvalue weighted by atomic mass is 10.0. The molecule has 146 valence electrons. The number of benzene rings is 1. The molecule has 0 spiro atoms. The fraction of sp³-hybridized carbons (Fsp3) is 0.421. The summed E-state index contributed by atoms with van der Waals surface area (Å²) >= 11 is 1.63. The minimum atomic E-state index is -0.780. The first kappa shape index (κ1) is 20.8. The van der Waals surface area contributed by atoms with Crippen molar-refractivity contribution in [3.63, 3.8) is 0 Å². The predicted octanol–water partition coefficient (Wildman–Crippen LogP) is 1.08. The van der Waals surface area contributed by atoms with Gasteiger partial charge in [-0.3, -0.25) is 14.4 Å². The molecule has 1 unspecified atom stereocenters. The number of carbonyl (C=O) groups is 3. The molecule has 4 N–H and O–H groups in total. The molecule has 1 aliphatic rings. The molecule has 0 aromatic heterocycles. The maximum absolute atomic E-state index is 12.8. The molecule has 1 aromatic carbocycles. The number of allylic oxidation sites excluding steroid dienone is 1. The van der Waals surface area contributed by atoms with Crippen molar-refractivity contribution in [2.24, 2.45) is 0 Å². The highest BCUT2D eigenvalue weighted by atomic mass is 32.2. The lowest BCUT2D eigenvalue weighted by molar-refractivity contribution is -0.131. The molecule has 0 saturated heterocycles. The van der Waals surface area contributed by atoms with Gasteiger partial charge in [-0.05, 0) is 35.9 Å². The van der Waals surface area contributed by atoms with Gasteiger partial charge in [-0.1, -0.05) is 18.2 Å². The molecule has 3 amide bonds. The Morgan fingerprint density at radius 3 is 2.41 bits per heavy atom. The minimum absolute atomic E-state index is 0.132. The monoisotopic (exact) mass is 391 g/mol. The van der Waals surface area contributed by atoms with Crippen molar-refractivity contribution in [3.05, 3.63) is 41.3 Å². The third kappa shape index (κ3) is 6.63. The van der Waals surface area contributed by atoms with E-state index in [4.69, 9.17) is 0 Å². The van der Waals surface area contributed by atoms with Crippen LogP contribution >= 0.6 is 11.8 Å². The van der Waals surface area contributed by atoms with E-state index >= 15 is 0 Å². The highest BCUT2D eigenvalue weighted by Crippen LogP contribution is 2.27. The summed E-state index contributed by atoms with van der Waals surface area (Å²) in [5.41, 5.74) is 0.799. The van der Waals surface area contributed by atoms with Crippen LogP contribution in [0.1, 0.15) is 25.3 Å². The Bertz CT molecular complexity index is 697. The normalized spacial score (nSPS) is 17.8. The van der Waals surface area contributed by atoms with E-state index in [9.17, 15) is 19.5 Å². The van der Waals surface area contributed by atoms with Crippen LogP contribution in [0.3, 0.4) is 0 Å². The van der Waals surface area contributed by atoms with Gasteiger partial charge in [-0.2, -0.15) is 0 Å². The average molecular weight is 391 g/mol. The van der Waals surface area contributed by atoms with Gasteiger partial charge in [0.1, 0.15) is 17.8 Å². The minimum Gasteiger partial charge on any atom is -0.508 e. The topological polar surface area (TPSA) is 108 Å². The lowest BCUT2D eigenvalue weighted by Gasteiger charge is -2.24. The number of aromatic hydroxyl groups is 1. The molecule has 1 aliphatic heterocycles. The summed E-state index contributed by atoms with van der Waals surface area (Å²) in [7, 11) is 1.50. The van der Waals surface area contributed by atoms with Crippen LogP contribution in [0, 0.1) is 0 Å². The number of phenolic OH excluding ortho intramolecular Hbond substituents is 1. The number of rotatable bonds is 8. The zero-order valence-electron chi connectivity index (χ0n) is 15.4. The van der Waals surface area contributed by atoms with Gasteiger partial charge in [0, 0.05) is 25.6 Å². The zero-order chi connectivity index (χ0) is 19.8. The molecule has 1 heterocycles. The van der Waals surface area contributed by atoms with Crippen molar-refractivity contribution >= 4 is 29.5 Å². The third-order valence-electron chi connectivity index (χ3n) is 4.21. The largest absolute Gasteiger partial charge is 0.508 e. The van der Waals surface area contributed by atoms with Gasteiger partial charge in [0.05, 0.1) is 0 Å². The van der Waals surface area contributed by atoms with Gasteiger partial charge in [0.25, 0.3) is 0 Å². The van der Waals surface area contributed by atoms with E-state index in [1.54, 1.807) is 23.9 Å². The number of nitrogens with one attached hydrogen (secondary N) is 3. The Kier molecular flexibility index (Phi) is 7.72. The summed E-state index contributed by atoms with van der Waals surface area (Å²) in [6, 6.07) is 4.97. The van der Waals surface area contributed by atoms with Gasteiger partial charge in [-0.25, -0.2) is 0 Å². The number of hydrogen-bond acceptors (Lipinski definition) is 5. The van der Waals surface area contributed by atoms with E-state index in [1.165, 1.54) is 26.1 Å². The van der Waals surface area contributed by atoms with E-state index in [-0.39, 0.29) is 35.1 Å². The molecule has 27 heavy (non-hydrogen) atoms. The number of phenols is 1. The van der Waals surface area contributed by atoms with Crippen LogP contribution in [0.5, 0.6) is 5.75 Å². The smallest absolute Gasteiger partial charge is 0.243 e. The molecule has 1 aromatic rings. The summed E-state index contributed by atoms with van der Waals surface area (Å²) in [5, 5.41) is 19.6. The van der Waals surface area contributed by atoms with E-state index in [1.807, 2.05) is 11.5 Å². The third-order valence-corrected chi connectivity index (χ3v) is 5.33. The second kappa shape index (κ2) is 10.0. The van der Waals surface area contributed by atoms with E-state index in [0.717, 1.165) is 12.0 Å². The second-order valence-electron chi connectivity index (χ2n) is 6.40. The summed E-state index contributed by atoms with van der Waals surface area (Å²) < 4.78 is 0. The SMILES string of the molecule is CNC(=O)[C@H](Cc1ccc(O)cc1)NC(=O)[C@H](CC1CC=CS1)NC(C)=O. The van der Waals surface area contributed by atoms with Crippen molar-refractivity contribution in [2.75, 3.05) is 7.05 Å². The van der Waals surface area contributed by atoms with E-state index in [0.29, 0.717) is 6.42 Å². The van der Waals surface area contributed by atoms with Gasteiger partial charge in [0.15, 0.2) is 0 Å². The zero-order valence-corrected chi connectivity index (χ0v) is 16.2. The average Bonchev–Trinajstić information content (AvgIpc) is 3.14. The van der Waals surface area contributed by atoms with Crippen molar-refractivity contribution in [3.8, 4) is 5.75 Å². The maximum atomic E-state index is 12.8. The predicted molar refractivity (Wildman–Crippen MR) is 105 cm³/mol. The Hall–Kier alpha value is -2.48. The van der Waals surface area contributed by atoms with Crippen LogP contribution < -0.4 is 16.0 Å². The Morgan fingerprint density at radius 2 is 1.85 bits per heavy atom. The number of hydrogen-bond donors (Lipinski definition) is 4. The van der Waals surface area contributed by atoms with Gasteiger partial charge >= 0.3 is 0 Å². The second-order valence-corrected chi connectivity index (χ2v) is 7.61. The van der Waals surface area contributed by atoms with Crippen LogP contribution in [0.2, 0.25) is 0 Å².